The third-order valence-electron chi connectivity index (χ3n) is 4.87. The smallest absolute Gasteiger partial charge is 0.137 e. The second-order valence-electron chi connectivity index (χ2n) is 5.74. The lowest BCUT2D eigenvalue weighted by Gasteiger charge is -2.46. The van der Waals surface area contributed by atoms with Gasteiger partial charge in [-0.25, -0.2) is 0 Å². The molecule has 0 radical (unpaired) electrons. The van der Waals surface area contributed by atoms with Crippen LogP contribution in [0.25, 0.3) is 0 Å². The maximum atomic E-state index is 5.96. The van der Waals surface area contributed by atoms with Crippen LogP contribution in [0.1, 0.15) is 51.1 Å². The predicted molar refractivity (Wildman–Crippen MR) is 85.0 cm³/mol. The summed E-state index contributed by atoms with van der Waals surface area (Å²) in [4.78, 5) is 6.84. The fourth-order valence-corrected chi connectivity index (χ4v) is 3.89. The highest BCUT2D eigenvalue weighted by Gasteiger charge is 2.45. The molecule has 0 aliphatic heterocycles. The number of likely N-dealkylation sites (N-methyl/N-ethyl adjacent to an activating group) is 1. The van der Waals surface area contributed by atoms with Crippen LogP contribution in [0.15, 0.2) is 18.5 Å². The molecule has 1 fully saturated rings. The number of methoxy groups -OCH3 is 1. The van der Waals surface area contributed by atoms with Gasteiger partial charge in [0.05, 0.1) is 19.3 Å². The van der Waals surface area contributed by atoms with Gasteiger partial charge in [-0.2, -0.15) is 0 Å². The Morgan fingerprint density at radius 3 is 2.52 bits per heavy atom. The van der Waals surface area contributed by atoms with Gasteiger partial charge in [-0.15, -0.1) is 0 Å². The first kappa shape index (κ1) is 16.2. The molecule has 118 valence electrons. The maximum Gasteiger partial charge on any atom is 0.137 e. The lowest BCUT2D eigenvalue weighted by atomic mass is 9.82. The first-order chi connectivity index (χ1) is 10.2. The molecule has 5 heteroatoms. The van der Waals surface area contributed by atoms with E-state index in [2.05, 4.69) is 29.2 Å². The summed E-state index contributed by atoms with van der Waals surface area (Å²) in [5, 5.41) is 0. The summed E-state index contributed by atoms with van der Waals surface area (Å²) >= 11 is 0. The number of hydrogen-bond acceptors (Lipinski definition) is 5. The summed E-state index contributed by atoms with van der Waals surface area (Å²) in [6, 6.07) is 2.11. The van der Waals surface area contributed by atoms with Crippen LogP contribution in [0.4, 0.5) is 0 Å². The Morgan fingerprint density at radius 2 is 2.00 bits per heavy atom. The van der Waals surface area contributed by atoms with E-state index < -0.39 is 0 Å². The van der Waals surface area contributed by atoms with E-state index in [0.717, 1.165) is 24.4 Å². The average molecular weight is 292 g/mol. The number of hydrazine groups is 1. The molecule has 1 aromatic heterocycles. The van der Waals surface area contributed by atoms with E-state index in [9.17, 15) is 0 Å². The topological polar surface area (TPSA) is 63.4 Å². The molecule has 0 amide bonds. The molecule has 21 heavy (non-hydrogen) atoms. The highest BCUT2D eigenvalue weighted by molar-refractivity contribution is 5.29. The van der Waals surface area contributed by atoms with Gasteiger partial charge >= 0.3 is 0 Å². The van der Waals surface area contributed by atoms with Crippen LogP contribution in [0.5, 0.6) is 5.75 Å². The molecule has 0 spiro atoms. The fraction of sp³-hybridized carbons (Fsp3) is 0.688. The molecule has 5 nitrogen and oxygen atoms in total. The monoisotopic (exact) mass is 292 g/mol. The van der Waals surface area contributed by atoms with Gasteiger partial charge in [0.15, 0.2) is 0 Å². The Kier molecular flexibility index (Phi) is 5.56. The molecule has 1 aromatic rings. The van der Waals surface area contributed by atoms with Gasteiger partial charge in [0.25, 0.3) is 0 Å². The normalized spacial score (nSPS) is 18.9. The Hall–Kier alpha value is -1.17. The van der Waals surface area contributed by atoms with Crippen LogP contribution >= 0.6 is 0 Å². The van der Waals surface area contributed by atoms with Crippen molar-refractivity contribution in [1.82, 2.24) is 15.3 Å². The van der Waals surface area contributed by atoms with Gasteiger partial charge in [-0.1, -0.05) is 26.7 Å². The second kappa shape index (κ2) is 7.20. The van der Waals surface area contributed by atoms with E-state index in [1.165, 1.54) is 25.7 Å². The van der Waals surface area contributed by atoms with Crippen molar-refractivity contribution in [3.8, 4) is 5.75 Å². The minimum absolute atomic E-state index is 0.0718. The number of ether oxygens (including phenoxy) is 1. The maximum absolute atomic E-state index is 5.96. The van der Waals surface area contributed by atoms with E-state index in [0.29, 0.717) is 0 Å². The van der Waals surface area contributed by atoms with Crippen molar-refractivity contribution in [2.24, 2.45) is 5.84 Å². The molecule has 1 aliphatic rings. The molecule has 0 saturated heterocycles. The molecular formula is C16H28N4O. The Balaban J connectivity index is 2.40. The lowest BCUT2D eigenvalue weighted by molar-refractivity contribution is 0.0624. The van der Waals surface area contributed by atoms with E-state index in [4.69, 9.17) is 10.6 Å². The molecular weight excluding hydrogens is 264 g/mol. The van der Waals surface area contributed by atoms with Gasteiger partial charge in [0.1, 0.15) is 5.75 Å². The van der Waals surface area contributed by atoms with Crippen molar-refractivity contribution in [3.63, 3.8) is 0 Å². The van der Waals surface area contributed by atoms with Crippen LogP contribution in [0.2, 0.25) is 0 Å². The molecule has 0 aromatic carbocycles. The number of rotatable bonds is 7. The standard InChI is InChI=1S/C16H28N4O/c1-4-20(5-2)16(8-6-7-9-16)15(19-17)13-10-14(21-3)12-18-11-13/h10-12,15,19H,4-9,17H2,1-3H3. The number of nitrogens with zero attached hydrogens (tertiary/aromatic N) is 2. The van der Waals surface area contributed by atoms with Crippen LogP contribution in [-0.4, -0.2) is 35.6 Å². The highest BCUT2D eigenvalue weighted by atomic mass is 16.5. The number of pyridine rings is 1. The number of nitrogens with one attached hydrogen (secondary N) is 1. The van der Waals surface area contributed by atoms with Crippen molar-refractivity contribution in [3.05, 3.63) is 24.0 Å². The van der Waals surface area contributed by atoms with Gasteiger partial charge in [-0.3, -0.25) is 21.2 Å². The summed E-state index contributed by atoms with van der Waals surface area (Å²) in [5.41, 5.74) is 4.24. The van der Waals surface area contributed by atoms with Crippen molar-refractivity contribution >= 4 is 0 Å². The number of aromatic nitrogens is 1. The number of nitrogens with two attached hydrogens (primary N) is 1. The largest absolute Gasteiger partial charge is 0.495 e. The quantitative estimate of drug-likeness (QED) is 0.596. The minimum Gasteiger partial charge on any atom is -0.495 e. The summed E-state index contributed by atoms with van der Waals surface area (Å²) in [5.74, 6) is 6.74. The fourth-order valence-electron chi connectivity index (χ4n) is 3.89. The summed E-state index contributed by atoms with van der Waals surface area (Å²) in [6.07, 6.45) is 8.48. The zero-order valence-corrected chi connectivity index (χ0v) is 13.4. The third kappa shape index (κ3) is 3.05. The minimum atomic E-state index is 0.0718. The van der Waals surface area contributed by atoms with Crippen LogP contribution < -0.4 is 16.0 Å². The molecule has 3 N–H and O–H groups in total. The average Bonchev–Trinajstić information content (AvgIpc) is 3.00. The molecule has 0 bridgehead atoms. The van der Waals surface area contributed by atoms with E-state index >= 15 is 0 Å². The van der Waals surface area contributed by atoms with Gasteiger partial charge in [0, 0.05) is 11.7 Å². The van der Waals surface area contributed by atoms with Crippen molar-refractivity contribution < 1.29 is 4.74 Å². The lowest BCUT2D eigenvalue weighted by Crippen LogP contribution is -2.56. The van der Waals surface area contributed by atoms with E-state index in [1.54, 1.807) is 13.3 Å². The van der Waals surface area contributed by atoms with Crippen LogP contribution in [0.3, 0.4) is 0 Å². The second-order valence-corrected chi connectivity index (χ2v) is 5.74. The van der Waals surface area contributed by atoms with Gasteiger partial charge < -0.3 is 4.74 Å². The molecule has 1 unspecified atom stereocenters. The van der Waals surface area contributed by atoms with Gasteiger partial charge in [0.2, 0.25) is 0 Å². The highest BCUT2D eigenvalue weighted by Crippen LogP contribution is 2.44. The SMILES string of the molecule is CCN(CC)C1(C(NN)c2cncc(OC)c2)CCCC1. The summed E-state index contributed by atoms with van der Waals surface area (Å²) < 4.78 is 5.31. The predicted octanol–water partition coefficient (Wildman–Crippen LogP) is 2.25. The summed E-state index contributed by atoms with van der Waals surface area (Å²) in [7, 11) is 1.67. The third-order valence-corrected chi connectivity index (χ3v) is 4.87. The van der Waals surface area contributed by atoms with Gasteiger partial charge in [-0.05, 0) is 37.6 Å². The molecule has 1 atom stereocenters. The number of hydrogen-bond donors (Lipinski definition) is 2. The van der Waals surface area contributed by atoms with Crippen LogP contribution in [-0.2, 0) is 0 Å². The Labute approximate surface area is 127 Å². The first-order valence-electron chi connectivity index (χ1n) is 7.92. The summed E-state index contributed by atoms with van der Waals surface area (Å²) in [6.45, 7) is 6.51. The van der Waals surface area contributed by atoms with Crippen molar-refractivity contribution in [2.75, 3.05) is 20.2 Å². The van der Waals surface area contributed by atoms with Crippen molar-refractivity contribution in [2.45, 2.75) is 51.1 Å². The molecule has 2 rings (SSSR count). The van der Waals surface area contributed by atoms with E-state index in [1.807, 2.05) is 12.3 Å². The zero-order valence-electron chi connectivity index (χ0n) is 13.4. The Bertz CT molecular complexity index is 442. The Morgan fingerprint density at radius 1 is 1.33 bits per heavy atom. The first-order valence-corrected chi connectivity index (χ1v) is 7.92. The van der Waals surface area contributed by atoms with Crippen molar-refractivity contribution in [1.29, 1.82) is 0 Å². The van der Waals surface area contributed by atoms with E-state index in [-0.39, 0.29) is 11.6 Å². The zero-order chi connectivity index (χ0) is 15.3. The molecule has 1 heterocycles. The molecule has 1 aliphatic carbocycles. The van der Waals surface area contributed by atoms with Crippen LogP contribution in [0, 0.1) is 0 Å². The molecule has 1 saturated carbocycles.